The first-order chi connectivity index (χ1) is 29.0. The molecule has 0 aromatic heterocycles. The zero-order valence-corrected chi connectivity index (χ0v) is 39.0. The molecule has 9 heteroatoms. The van der Waals surface area contributed by atoms with Crippen LogP contribution < -0.4 is 5.32 Å². The lowest BCUT2D eigenvalue weighted by Crippen LogP contribution is -2.45. The molecule has 0 saturated carbocycles. The summed E-state index contributed by atoms with van der Waals surface area (Å²) in [7, 11) is 1.50. The van der Waals surface area contributed by atoms with Gasteiger partial charge in [0, 0.05) is 6.42 Å². The van der Waals surface area contributed by atoms with Crippen LogP contribution in [-0.2, 0) is 18.4 Å². The molecule has 3 unspecified atom stereocenters. The number of nitrogens with zero attached hydrogens (tertiary/aromatic N) is 1. The van der Waals surface area contributed by atoms with Gasteiger partial charge in [-0.15, -0.1) is 0 Å². The molecule has 338 valence electrons. The van der Waals surface area contributed by atoms with Crippen molar-refractivity contribution in [3.63, 3.8) is 0 Å². The monoisotopic (exact) mass is 852 g/mol. The van der Waals surface area contributed by atoms with E-state index in [1.165, 1.54) is 0 Å². The van der Waals surface area contributed by atoms with Crippen LogP contribution in [0, 0.1) is 0 Å². The van der Waals surface area contributed by atoms with Crippen LogP contribution in [0.1, 0.15) is 129 Å². The molecule has 1 amide bonds. The van der Waals surface area contributed by atoms with Crippen molar-refractivity contribution in [3.8, 4) is 0 Å². The molecule has 0 heterocycles. The van der Waals surface area contributed by atoms with Crippen molar-refractivity contribution in [2.24, 2.45) is 0 Å². The number of allylic oxidation sites excluding steroid dienone is 21. The van der Waals surface area contributed by atoms with E-state index in [0.29, 0.717) is 17.4 Å². The summed E-state index contributed by atoms with van der Waals surface area (Å²) in [6.07, 6.45) is 62.7. The minimum atomic E-state index is -4.36. The lowest BCUT2D eigenvalue weighted by molar-refractivity contribution is -0.870. The van der Waals surface area contributed by atoms with Crippen LogP contribution in [-0.4, -0.2) is 73.4 Å². The molecular weight excluding hydrogens is 768 g/mol. The standard InChI is InChI=1S/C51H83N2O6P/c1-6-8-10-12-14-16-17-18-19-20-21-22-23-24-25-26-27-28-29-30-31-32-33-34-35-37-39-41-43-45-51(55)52-49(48-59-60(56,57)58-47-46-53(3,4)5)50(54)44-42-40-38-36-15-13-11-9-7-2/h7-10,14-16,18-19,21-22,24-25,27-28,30-31,33-34,36,42,44,49-50,54H,6,11-13,17,20,23,26,29,32,35,37-41,43,45-48H2,1-5H3,(H-,52,55,56,57)/p+1/b9-7+,10-8-,16-14-,19-18-,22-21-,25-24-,28-27-,31-30-,34-33-,36-15+,44-42+. The topological polar surface area (TPSA) is 105 Å². The fourth-order valence-corrected chi connectivity index (χ4v) is 6.12. The van der Waals surface area contributed by atoms with Crippen LogP contribution in [0.2, 0.25) is 0 Å². The second-order valence-electron chi connectivity index (χ2n) is 15.7. The summed E-state index contributed by atoms with van der Waals surface area (Å²) >= 11 is 0. The second kappa shape index (κ2) is 41.0. The molecule has 8 nitrogen and oxygen atoms in total. The van der Waals surface area contributed by atoms with E-state index in [-0.39, 0.29) is 19.1 Å². The van der Waals surface area contributed by atoms with Gasteiger partial charge in [0.2, 0.25) is 5.91 Å². The summed E-state index contributed by atoms with van der Waals surface area (Å²) in [4.78, 5) is 23.0. The molecule has 0 aromatic rings. The number of rotatable bonds is 38. The molecule has 0 aliphatic rings. The molecule has 0 radical (unpaired) electrons. The van der Waals surface area contributed by atoms with Gasteiger partial charge < -0.3 is 19.8 Å². The highest BCUT2D eigenvalue weighted by molar-refractivity contribution is 7.47. The molecule has 0 rings (SSSR count). The Kier molecular flexibility index (Phi) is 38.7. The third kappa shape index (κ3) is 42.8. The summed E-state index contributed by atoms with van der Waals surface area (Å²) < 4.78 is 23.4. The number of aliphatic hydroxyl groups excluding tert-OH is 1. The first kappa shape index (κ1) is 56.6. The SMILES string of the molecule is C/C=C/CC/C=C/CC/C=C/C(O)C(COP(=O)(O)OCC[N+](C)(C)C)NC(=O)CCCCCC/C=C\C/C=C\C/C=C\C/C=C\C/C=C\C/C=C\C/C=C\C/C=C\CC. The Hall–Kier alpha value is -3.36. The number of hydrogen-bond donors (Lipinski definition) is 3. The summed E-state index contributed by atoms with van der Waals surface area (Å²) in [5.41, 5.74) is 0. The average molecular weight is 852 g/mol. The van der Waals surface area contributed by atoms with Gasteiger partial charge in [-0.3, -0.25) is 13.8 Å². The van der Waals surface area contributed by atoms with Crippen LogP contribution >= 0.6 is 7.82 Å². The van der Waals surface area contributed by atoms with Gasteiger partial charge >= 0.3 is 7.82 Å². The number of likely N-dealkylation sites (N-methyl/N-ethyl adjacent to an activating group) is 1. The quantitative estimate of drug-likeness (QED) is 0.0247. The summed E-state index contributed by atoms with van der Waals surface area (Å²) in [6, 6.07) is -0.891. The molecule has 0 aliphatic heterocycles. The highest BCUT2D eigenvalue weighted by Crippen LogP contribution is 2.43. The lowest BCUT2D eigenvalue weighted by Gasteiger charge is -2.25. The third-order valence-corrected chi connectivity index (χ3v) is 9.91. The van der Waals surface area contributed by atoms with E-state index in [4.69, 9.17) is 9.05 Å². The Bertz CT molecular complexity index is 1430. The van der Waals surface area contributed by atoms with Crippen LogP contribution in [0.4, 0.5) is 0 Å². The number of phosphoric acid groups is 1. The molecule has 0 fully saturated rings. The molecule has 0 bridgehead atoms. The van der Waals surface area contributed by atoms with Crippen molar-refractivity contribution in [1.29, 1.82) is 0 Å². The van der Waals surface area contributed by atoms with E-state index in [9.17, 15) is 19.4 Å². The van der Waals surface area contributed by atoms with Gasteiger partial charge in [0.1, 0.15) is 13.2 Å². The molecule has 3 N–H and O–H groups in total. The number of phosphoric ester groups is 1. The number of quaternary nitrogens is 1. The molecule has 0 saturated heterocycles. The van der Waals surface area contributed by atoms with E-state index < -0.39 is 20.0 Å². The largest absolute Gasteiger partial charge is 0.472 e. The van der Waals surface area contributed by atoms with Crippen molar-refractivity contribution in [2.45, 2.75) is 142 Å². The molecule has 3 atom stereocenters. The molecule has 0 aliphatic carbocycles. The first-order valence-electron chi connectivity index (χ1n) is 22.5. The minimum absolute atomic E-state index is 0.0393. The van der Waals surface area contributed by atoms with E-state index in [1.807, 2.05) is 40.2 Å². The maximum Gasteiger partial charge on any atom is 0.472 e. The Balaban J connectivity index is 4.33. The number of unbranched alkanes of at least 4 members (excludes halogenated alkanes) is 6. The zero-order valence-electron chi connectivity index (χ0n) is 38.1. The Labute approximate surface area is 366 Å². The number of carbonyl (C=O) groups is 1. The van der Waals surface area contributed by atoms with Crippen molar-refractivity contribution in [3.05, 3.63) is 134 Å². The smallest absolute Gasteiger partial charge is 0.387 e. The van der Waals surface area contributed by atoms with E-state index in [2.05, 4.69) is 128 Å². The van der Waals surface area contributed by atoms with Gasteiger partial charge in [-0.1, -0.05) is 153 Å². The van der Waals surface area contributed by atoms with Gasteiger partial charge in [0.05, 0.1) is 39.9 Å². The van der Waals surface area contributed by atoms with Crippen molar-refractivity contribution < 1.29 is 32.9 Å². The summed E-state index contributed by atoms with van der Waals surface area (Å²) in [5.74, 6) is -0.227. The summed E-state index contributed by atoms with van der Waals surface area (Å²) in [6.45, 7) is 4.37. The van der Waals surface area contributed by atoms with Crippen LogP contribution in [0.3, 0.4) is 0 Å². The second-order valence-corrected chi connectivity index (χ2v) is 17.1. The minimum Gasteiger partial charge on any atom is -0.387 e. The van der Waals surface area contributed by atoms with E-state index in [1.54, 1.807) is 6.08 Å². The zero-order chi connectivity index (χ0) is 44.3. The number of carbonyl (C=O) groups excluding carboxylic acids is 1. The van der Waals surface area contributed by atoms with Gasteiger partial charge in [-0.05, 0) is 103 Å². The predicted octanol–water partition coefficient (Wildman–Crippen LogP) is 12.9. The Morgan fingerprint density at radius 3 is 1.52 bits per heavy atom. The highest BCUT2D eigenvalue weighted by Gasteiger charge is 2.27. The Morgan fingerprint density at radius 1 is 0.600 bits per heavy atom. The van der Waals surface area contributed by atoms with Crippen molar-refractivity contribution in [2.75, 3.05) is 40.9 Å². The van der Waals surface area contributed by atoms with Crippen molar-refractivity contribution >= 4 is 13.7 Å². The number of hydrogen-bond acceptors (Lipinski definition) is 5. The van der Waals surface area contributed by atoms with Crippen LogP contribution in [0.5, 0.6) is 0 Å². The Morgan fingerprint density at radius 2 is 1.03 bits per heavy atom. The average Bonchev–Trinajstić information content (AvgIpc) is 3.20. The maximum atomic E-state index is 12.8. The first-order valence-corrected chi connectivity index (χ1v) is 24.0. The predicted molar refractivity (Wildman–Crippen MR) is 258 cm³/mol. The molecule has 60 heavy (non-hydrogen) atoms. The van der Waals surface area contributed by atoms with E-state index in [0.717, 1.165) is 109 Å². The normalized spacial score (nSPS) is 15.5. The number of nitrogens with one attached hydrogen (secondary N) is 1. The molecule has 0 aromatic carbocycles. The third-order valence-electron chi connectivity index (χ3n) is 8.93. The maximum absolute atomic E-state index is 12.8. The van der Waals surface area contributed by atoms with Gasteiger partial charge in [-0.2, -0.15) is 0 Å². The molecular formula is C51H84N2O6P+. The highest BCUT2D eigenvalue weighted by atomic mass is 31.2. The molecule has 0 spiro atoms. The van der Waals surface area contributed by atoms with E-state index >= 15 is 0 Å². The van der Waals surface area contributed by atoms with Gasteiger partial charge in [0.25, 0.3) is 0 Å². The number of amides is 1. The van der Waals surface area contributed by atoms with Gasteiger partial charge in [-0.25, -0.2) is 4.57 Å². The van der Waals surface area contributed by atoms with Gasteiger partial charge in [0.15, 0.2) is 0 Å². The fraction of sp³-hybridized carbons (Fsp3) is 0.549. The lowest BCUT2D eigenvalue weighted by atomic mass is 10.1. The fourth-order valence-electron chi connectivity index (χ4n) is 5.39. The van der Waals surface area contributed by atoms with Crippen LogP contribution in [0.25, 0.3) is 0 Å². The summed E-state index contributed by atoms with van der Waals surface area (Å²) in [5, 5.41) is 13.7. The number of aliphatic hydroxyl groups is 1. The van der Waals surface area contributed by atoms with Crippen molar-refractivity contribution in [1.82, 2.24) is 5.32 Å². The van der Waals surface area contributed by atoms with Crippen LogP contribution in [0.15, 0.2) is 134 Å².